The number of benzene rings is 1. The molecule has 0 amide bonds. The van der Waals surface area contributed by atoms with E-state index in [-0.39, 0.29) is 5.57 Å². The first-order valence-corrected chi connectivity index (χ1v) is 4.30. The fraction of sp³-hybridized carbons (Fsp3) is 0.273. The number of aliphatic hydroxyl groups excluding tert-OH is 1. The van der Waals surface area contributed by atoms with Crippen LogP contribution in [-0.4, -0.2) is 11.5 Å². The van der Waals surface area contributed by atoms with E-state index in [9.17, 15) is 13.9 Å². The van der Waals surface area contributed by atoms with Crippen LogP contribution < -0.4 is 0 Å². The minimum atomic E-state index is -2.51. The van der Waals surface area contributed by atoms with Crippen LogP contribution in [0.5, 0.6) is 0 Å². The van der Waals surface area contributed by atoms with Crippen LogP contribution in [0.2, 0.25) is 0 Å². The molecule has 0 aliphatic carbocycles. The van der Waals surface area contributed by atoms with Crippen molar-refractivity contribution in [2.45, 2.75) is 19.5 Å². The number of aliphatic hydroxyl groups is 1. The quantitative estimate of drug-likeness (QED) is 0.740. The molecule has 1 N–H and O–H groups in total. The molecule has 0 fully saturated rings. The molecule has 0 aliphatic rings. The Labute approximate surface area is 81.7 Å². The van der Waals surface area contributed by atoms with Crippen LogP contribution in [0.3, 0.4) is 0 Å². The molecule has 14 heavy (non-hydrogen) atoms. The summed E-state index contributed by atoms with van der Waals surface area (Å²) in [7, 11) is 0. The molecule has 0 heterocycles. The Morgan fingerprint density at radius 1 is 1.29 bits per heavy atom. The minimum absolute atomic E-state index is 0.110. The van der Waals surface area contributed by atoms with E-state index < -0.39 is 12.5 Å². The summed E-state index contributed by atoms with van der Waals surface area (Å²) in [6.45, 7) is 1.30. The molecule has 3 heteroatoms. The molecule has 1 aromatic rings. The van der Waals surface area contributed by atoms with E-state index in [1.165, 1.54) is 13.0 Å². The van der Waals surface area contributed by atoms with Crippen molar-refractivity contribution in [3.8, 4) is 0 Å². The zero-order chi connectivity index (χ0) is 10.6. The van der Waals surface area contributed by atoms with Gasteiger partial charge in [0.1, 0.15) is 0 Å². The van der Waals surface area contributed by atoms with Gasteiger partial charge in [-0.25, -0.2) is 8.78 Å². The first-order valence-electron chi connectivity index (χ1n) is 4.30. The summed E-state index contributed by atoms with van der Waals surface area (Å²) >= 11 is 0. The molecule has 0 radical (unpaired) electrons. The Morgan fingerprint density at radius 3 is 2.36 bits per heavy atom. The fourth-order valence-electron chi connectivity index (χ4n) is 1.07. The van der Waals surface area contributed by atoms with Gasteiger partial charge in [-0.15, -0.1) is 0 Å². The molecule has 0 saturated heterocycles. The van der Waals surface area contributed by atoms with Crippen molar-refractivity contribution < 1.29 is 13.9 Å². The summed E-state index contributed by atoms with van der Waals surface area (Å²) in [6, 6.07) is 8.70. The van der Waals surface area contributed by atoms with E-state index in [1.54, 1.807) is 30.3 Å². The maximum Gasteiger partial charge on any atom is 0.259 e. The number of allylic oxidation sites excluding steroid dienone is 1. The largest absolute Gasteiger partial charge is 0.384 e. The highest BCUT2D eigenvalue weighted by molar-refractivity contribution is 5.22. The van der Waals surface area contributed by atoms with Gasteiger partial charge in [0, 0.05) is 0 Å². The Kier molecular flexibility index (Phi) is 3.77. The van der Waals surface area contributed by atoms with E-state index in [0.29, 0.717) is 5.56 Å². The Hall–Kier alpha value is -1.22. The van der Waals surface area contributed by atoms with Crippen molar-refractivity contribution >= 4 is 0 Å². The number of hydrogen-bond acceptors (Lipinski definition) is 1. The lowest BCUT2D eigenvalue weighted by molar-refractivity contribution is 0.181. The predicted molar refractivity (Wildman–Crippen MR) is 51.2 cm³/mol. The second kappa shape index (κ2) is 4.86. The van der Waals surface area contributed by atoms with Gasteiger partial charge in [-0.1, -0.05) is 30.3 Å². The minimum Gasteiger partial charge on any atom is -0.384 e. The molecule has 0 bridgehead atoms. The highest BCUT2D eigenvalue weighted by Crippen LogP contribution is 2.18. The normalized spacial score (nSPS) is 14.5. The number of hydrogen-bond donors (Lipinski definition) is 1. The fourth-order valence-corrected chi connectivity index (χ4v) is 1.07. The lowest BCUT2D eigenvalue weighted by Gasteiger charge is -2.07. The average molecular weight is 198 g/mol. The van der Waals surface area contributed by atoms with Gasteiger partial charge in [-0.3, -0.25) is 0 Å². The average Bonchev–Trinajstić information content (AvgIpc) is 2.19. The third kappa shape index (κ3) is 2.92. The lowest BCUT2D eigenvalue weighted by Crippen LogP contribution is -1.98. The molecular weight excluding hydrogens is 186 g/mol. The van der Waals surface area contributed by atoms with Gasteiger partial charge in [-0.05, 0) is 24.1 Å². The van der Waals surface area contributed by atoms with Crippen LogP contribution in [0, 0.1) is 0 Å². The second-order valence-electron chi connectivity index (χ2n) is 3.07. The highest BCUT2D eigenvalue weighted by Gasteiger charge is 2.09. The zero-order valence-electron chi connectivity index (χ0n) is 7.82. The first-order chi connectivity index (χ1) is 6.61. The summed E-state index contributed by atoms with van der Waals surface area (Å²) in [4.78, 5) is 0. The highest BCUT2D eigenvalue weighted by atomic mass is 19.3. The predicted octanol–water partition coefficient (Wildman–Crippen LogP) is 2.93. The molecule has 1 atom stereocenters. The van der Waals surface area contributed by atoms with E-state index in [4.69, 9.17) is 0 Å². The van der Waals surface area contributed by atoms with Crippen LogP contribution in [0.4, 0.5) is 8.78 Å². The van der Waals surface area contributed by atoms with Crippen molar-refractivity contribution in [2.24, 2.45) is 0 Å². The van der Waals surface area contributed by atoms with Gasteiger partial charge in [0.05, 0.1) is 6.10 Å². The molecule has 0 aliphatic heterocycles. The van der Waals surface area contributed by atoms with Gasteiger partial charge < -0.3 is 5.11 Å². The van der Waals surface area contributed by atoms with Crippen molar-refractivity contribution in [2.75, 3.05) is 0 Å². The van der Waals surface area contributed by atoms with E-state index in [1.807, 2.05) is 0 Å². The van der Waals surface area contributed by atoms with Gasteiger partial charge in [0.25, 0.3) is 6.43 Å². The van der Waals surface area contributed by atoms with Crippen molar-refractivity contribution in [3.63, 3.8) is 0 Å². The van der Waals surface area contributed by atoms with Crippen LogP contribution >= 0.6 is 0 Å². The summed E-state index contributed by atoms with van der Waals surface area (Å²) < 4.78 is 24.2. The van der Waals surface area contributed by atoms with Crippen LogP contribution in [-0.2, 0) is 0 Å². The number of halogens is 2. The number of rotatable bonds is 3. The Bertz CT molecular complexity index is 306. The van der Waals surface area contributed by atoms with Crippen LogP contribution in [0.15, 0.2) is 42.0 Å². The topological polar surface area (TPSA) is 20.2 Å². The van der Waals surface area contributed by atoms with Gasteiger partial charge >= 0.3 is 0 Å². The van der Waals surface area contributed by atoms with Crippen LogP contribution in [0.1, 0.15) is 18.6 Å². The SMILES string of the molecule is C/C(=C\C(O)c1ccccc1)C(F)F. The van der Waals surface area contributed by atoms with Gasteiger partial charge in [-0.2, -0.15) is 0 Å². The van der Waals surface area contributed by atoms with E-state index in [0.717, 1.165) is 0 Å². The second-order valence-corrected chi connectivity index (χ2v) is 3.07. The molecular formula is C11H12F2O. The Morgan fingerprint density at radius 2 is 1.86 bits per heavy atom. The molecule has 76 valence electrons. The molecule has 1 nitrogen and oxygen atoms in total. The molecule has 0 saturated carbocycles. The third-order valence-electron chi connectivity index (χ3n) is 1.91. The lowest BCUT2D eigenvalue weighted by atomic mass is 10.1. The number of alkyl halides is 2. The van der Waals surface area contributed by atoms with E-state index in [2.05, 4.69) is 0 Å². The van der Waals surface area contributed by atoms with Gasteiger partial charge in [0.2, 0.25) is 0 Å². The molecule has 0 spiro atoms. The Balaban J connectivity index is 2.77. The summed E-state index contributed by atoms with van der Waals surface area (Å²) in [5.74, 6) is 0. The standard InChI is InChI=1S/C11H12F2O/c1-8(11(12)13)7-10(14)9-5-3-2-4-6-9/h2-7,10-11,14H,1H3/b8-7+. The van der Waals surface area contributed by atoms with Crippen molar-refractivity contribution in [1.82, 2.24) is 0 Å². The maximum absolute atomic E-state index is 12.1. The summed E-state index contributed by atoms with van der Waals surface area (Å²) in [5, 5.41) is 9.53. The first kappa shape index (κ1) is 10.9. The molecule has 0 aromatic heterocycles. The molecule has 1 unspecified atom stereocenters. The van der Waals surface area contributed by atoms with Crippen molar-refractivity contribution in [3.05, 3.63) is 47.5 Å². The summed E-state index contributed by atoms with van der Waals surface area (Å²) in [5.41, 5.74) is 0.508. The third-order valence-corrected chi connectivity index (χ3v) is 1.91. The maximum atomic E-state index is 12.1. The van der Waals surface area contributed by atoms with E-state index >= 15 is 0 Å². The summed E-state index contributed by atoms with van der Waals surface area (Å²) in [6.07, 6.45) is -2.29. The van der Waals surface area contributed by atoms with Crippen LogP contribution in [0.25, 0.3) is 0 Å². The van der Waals surface area contributed by atoms with Gasteiger partial charge in [0.15, 0.2) is 0 Å². The molecule has 1 rings (SSSR count). The smallest absolute Gasteiger partial charge is 0.259 e. The van der Waals surface area contributed by atoms with Crippen molar-refractivity contribution in [1.29, 1.82) is 0 Å². The molecule has 1 aromatic carbocycles. The zero-order valence-corrected chi connectivity index (χ0v) is 7.82. The monoisotopic (exact) mass is 198 g/mol.